The summed E-state index contributed by atoms with van der Waals surface area (Å²) in [6.45, 7) is 0. The van der Waals surface area contributed by atoms with Gasteiger partial charge < -0.3 is 0 Å². The van der Waals surface area contributed by atoms with E-state index < -0.39 is 8.07 Å². The third-order valence-corrected chi connectivity index (χ3v) is 8.21. The summed E-state index contributed by atoms with van der Waals surface area (Å²) < 4.78 is 0. The standard InChI is InChI=1S/C20H15ClSi/c21-16-17-22(18-10-4-1-5-11-18,19-12-6-2-7-13-19)20-14-8-3-9-15-20/h1-15H. The summed E-state index contributed by atoms with van der Waals surface area (Å²) in [5, 5.41) is 6.44. The minimum Gasteiger partial charge on any atom is -0.0971 e. The fourth-order valence-corrected chi connectivity index (χ4v) is 6.93. The Balaban J connectivity index is 2.36. The summed E-state index contributed by atoms with van der Waals surface area (Å²) in [6, 6.07) is 31.5. The van der Waals surface area contributed by atoms with E-state index in [0.29, 0.717) is 0 Å². The van der Waals surface area contributed by atoms with Crippen molar-refractivity contribution in [1.29, 1.82) is 0 Å². The van der Waals surface area contributed by atoms with Crippen LogP contribution in [0, 0.1) is 10.9 Å². The lowest BCUT2D eigenvalue weighted by Crippen LogP contribution is -2.66. The van der Waals surface area contributed by atoms with Gasteiger partial charge in [-0.3, -0.25) is 0 Å². The molecule has 0 aliphatic carbocycles. The molecule has 0 radical (unpaired) electrons. The highest BCUT2D eigenvalue weighted by Crippen LogP contribution is 2.07. The zero-order valence-corrected chi connectivity index (χ0v) is 13.8. The largest absolute Gasteiger partial charge is 0.231 e. The van der Waals surface area contributed by atoms with Gasteiger partial charge in [-0.1, -0.05) is 96.5 Å². The van der Waals surface area contributed by atoms with Crippen molar-refractivity contribution in [2.45, 2.75) is 0 Å². The lowest BCUT2D eigenvalue weighted by molar-refractivity contribution is 1.69. The Bertz CT molecular complexity index is 690. The Labute approximate surface area is 137 Å². The third-order valence-electron chi connectivity index (χ3n) is 3.86. The molecule has 0 saturated carbocycles. The molecule has 0 spiro atoms. The number of halogens is 1. The second-order valence-electron chi connectivity index (χ2n) is 5.07. The molecule has 0 N–H and O–H groups in total. The molecule has 0 atom stereocenters. The van der Waals surface area contributed by atoms with Gasteiger partial charge in [0, 0.05) is 0 Å². The maximum absolute atomic E-state index is 5.91. The van der Waals surface area contributed by atoms with Gasteiger partial charge in [-0.2, -0.15) is 0 Å². The highest BCUT2D eigenvalue weighted by molar-refractivity contribution is 7.17. The van der Waals surface area contributed by atoms with Crippen LogP contribution in [-0.2, 0) is 0 Å². The van der Waals surface area contributed by atoms with E-state index in [2.05, 4.69) is 83.7 Å². The van der Waals surface area contributed by atoms with Crippen molar-refractivity contribution in [2.24, 2.45) is 0 Å². The van der Waals surface area contributed by atoms with Gasteiger partial charge in [-0.25, -0.2) is 0 Å². The fraction of sp³-hybridized carbons (Fsp3) is 0. The molecule has 0 bridgehead atoms. The van der Waals surface area contributed by atoms with Gasteiger partial charge in [-0.15, -0.1) is 0 Å². The summed E-state index contributed by atoms with van der Waals surface area (Å²) in [6.07, 6.45) is 0. The average molecular weight is 319 g/mol. The SMILES string of the molecule is ClC#C[Si](c1ccccc1)(c1ccccc1)c1ccccc1. The normalized spacial score (nSPS) is 10.6. The van der Waals surface area contributed by atoms with E-state index >= 15 is 0 Å². The molecule has 3 rings (SSSR count). The summed E-state index contributed by atoms with van der Waals surface area (Å²) >= 11 is 5.91. The topological polar surface area (TPSA) is 0 Å². The molecule has 0 nitrogen and oxygen atoms in total. The molecule has 2 heteroatoms. The van der Waals surface area contributed by atoms with Crippen molar-refractivity contribution in [3.8, 4) is 10.9 Å². The molecule has 3 aromatic carbocycles. The lowest BCUT2D eigenvalue weighted by atomic mass is 10.3. The van der Waals surface area contributed by atoms with E-state index in [0.717, 1.165) is 0 Å². The van der Waals surface area contributed by atoms with Gasteiger partial charge in [0.05, 0.1) is 0 Å². The van der Waals surface area contributed by atoms with Gasteiger partial charge in [0.1, 0.15) is 0 Å². The zero-order chi connectivity index (χ0) is 15.3. The number of benzene rings is 3. The number of rotatable bonds is 3. The predicted molar refractivity (Wildman–Crippen MR) is 97.6 cm³/mol. The summed E-state index contributed by atoms with van der Waals surface area (Å²) in [4.78, 5) is 0. The van der Waals surface area contributed by atoms with E-state index in [1.165, 1.54) is 15.6 Å². The van der Waals surface area contributed by atoms with Crippen LogP contribution in [-0.4, -0.2) is 8.07 Å². The molecular weight excluding hydrogens is 304 g/mol. The van der Waals surface area contributed by atoms with Crippen LogP contribution in [0.1, 0.15) is 0 Å². The summed E-state index contributed by atoms with van der Waals surface area (Å²) in [7, 11) is -2.42. The number of hydrogen-bond acceptors (Lipinski definition) is 0. The highest BCUT2D eigenvalue weighted by atomic mass is 35.5. The Morgan fingerprint density at radius 1 is 0.545 bits per heavy atom. The van der Waals surface area contributed by atoms with E-state index in [9.17, 15) is 0 Å². The van der Waals surface area contributed by atoms with Crippen molar-refractivity contribution < 1.29 is 0 Å². The molecule has 0 saturated heterocycles. The Kier molecular flexibility index (Phi) is 4.44. The zero-order valence-electron chi connectivity index (χ0n) is 12.0. The van der Waals surface area contributed by atoms with Crippen LogP contribution in [0.3, 0.4) is 0 Å². The Morgan fingerprint density at radius 2 is 0.864 bits per heavy atom. The molecule has 106 valence electrons. The molecule has 0 fully saturated rings. The van der Waals surface area contributed by atoms with E-state index in [1.807, 2.05) is 18.2 Å². The monoisotopic (exact) mass is 318 g/mol. The van der Waals surface area contributed by atoms with Gasteiger partial charge in [0.2, 0.25) is 8.07 Å². The Hall–Kier alpha value is -2.27. The van der Waals surface area contributed by atoms with Crippen molar-refractivity contribution in [3.05, 3.63) is 91.0 Å². The lowest BCUT2D eigenvalue weighted by Gasteiger charge is -2.27. The fourth-order valence-electron chi connectivity index (χ4n) is 2.85. The first-order valence-electron chi connectivity index (χ1n) is 7.17. The van der Waals surface area contributed by atoms with Gasteiger partial charge in [0.15, 0.2) is 0 Å². The van der Waals surface area contributed by atoms with Crippen LogP contribution >= 0.6 is 11.6 Å². The third kappa shape index (κ3) is 2.59. The maximum atomic E-state index is 5.91. The second-order valence-corrected chi connectivity index (χ2v) is 8.74. The molecule has 0 unspecified atom stereocenters. The quantitative estimate of drug-likeness (QED) is 0.396. The van der Waals surface area contributed by atoms with Crippen LogP contribution < -0.4 is 15.6 Å². The van der Waals surface area contributed by atoms with Crippen molar-refractivity contribution in [2.75, 3.05) is 0 Å². The van der Waals surface area contributed by atoms with Gasteiger partial charge >= 0.3 is 0 Å². The average Bonchev–Trinajstić information content (AvgIpc) is 2.62. The molecule has 0 heterocycles. The first-order valence-corrected chi connectivity index (χ1v) is 9.55. The smallest absolute Gasteiger partial charge is 0.0971 e. The van der Waals surface area contributed by atoms with Crippen molar-refractivity contribution in [3.63, 3.8) is 0 Å². The van der Waals surface area contributed by atoms with Gasteiger partial charge in [0.25, 0.3) is 0 Å². The minimum atomic E-state index is -2.42. The van der Waals surface area contributed by atoms with E-state index in [-0.39, 0.29) is 0 Å². The molecular formula is C20H15ClSi. The van der Waals surface area contributed by atoms with Crippen molar-refractivity contribution >= 4 is 35.2 Å². The minimum absolute atomic E-state index is 1.25. The molecule has 0 amide bonds. The highest BCUT2D eigenvalue weighted by Gasteiger charge is 2.38. The Morgan fingerprint density at radius 3 is 1.14 bits per heavy atom. The van der Waals surface area contributed by atoms with E-state index in [1.54, 1.807) is 0 Å². The molecule has 0 aromatic heterocycles. The maximum Gasteiger partial charge on any atom is 0.231 e. The molecule has 0 aliphatic heterocycles. The second kappa shape index (κ2) is 6.66. The molecule has 3 aromatic rings. The van der Waals surface area contributed by atoms with E-state index in [4.69, 9.17) is 11.6 Å². The van der Waals surface area contributed by atoms with Gasteiger partial charge in [-0.05, 0) is 32.5 Å². The van der Waals surface area contributed by atoms with Crippen LogP contribution in [0.2, 0.25) is 0 Å². The van der Waals surface area contributed by atoms with Crippen LogP contribution in [0.4, 0.5) is 0 Å². The predicted octanol–water partition coefficient (Wildman–Crippen LogP) is 2.90. The molecule has 22 heavy (non-hydrogen) atoms. The van der Waals surface area contributed by atoms with Crippen LogP contribution in [0.25, 0.3) is 0 Å². The molecule has 0 aliphatic rings. The first kappa shape index (κ1) is 14.7. The van der Waals surface area contributed by atoms with Crippen LogP contribution in [0.15, 0.2) is 91.0 Å². The number of hydrogen-bond donors (Lipinski definition) is 0. The van der Waals surface area contributed by atoms with Crippen LogP contribution in [0.5, 0.6) is 0 Å². The first-order chi connectivity index (χ1) is 10.9. The van der Waals surface area contributed by atoms with Crippen molar-refractivity contribution in [1.82, 2.24) is 0 Å². The summed E-state index contributed by atoms with van der Waals surface area (Å²) in [5.74, 6) is 0. The summed E-state index contributed by atoms with van der Waals surface area (Å²) in [5.41, 5.74) is 3.40.